The Hall–Kier alpha value is -6.57. The van der Waals surface area contributed by atoms with E-state index in [0.717, 1.165) is 66.9 Å². The molecule has 0 fully saturated rings. The van der Waals surface area contributed by atoms with Gasteiger partial charge in [0.15, 0.2) is 5.84 Å². The Kier molecular flexibility index (Phi) is 7.45. The second-order valence-electron chi connectivity index (χ2n) is 14.2. The predicted molar refractivity (Wildman–Crippen MR) is 214 cm³/mol. The highest BCUT2D eigenvalue weighted by Crippen LogP contribution is 2.51. The summed E-state index contributed by atoms with van der Waals surface area (Å²) in [6.45, 7) is 4.51. The Balaban J connectivity index is 1.17. The van der Waals surface area contributed by atoms with Crippen LogP contribution in [-0.4, -0.2) is 23.6 Å². The molecule has 0 amide bonds. The Morgan fingerprint density at radius 2 is 1.27 bits per heavy atom. The number of hydrogen-bond acceptors (Lipinski definition) is 4. The lowest BCUT2D eigenvalue weighted by molar-refractivity contribution is 0.383. The summed E-state index contributed by atoms with van der Waals surface area (Å²) in [6.07, 6.45) is -0.231. The summed E-state index contributed by atoms with van der Waals surface area (Å²) in [5.74, 6) is 1.60. The van der Waals surface area contributed by atoms with Crippen molar-refractivity contribution in [3.05, 3.63) is 191 Å². The van der Waals surface area contributed by atoms with Crippen molar-refractivity contribution >= 4 is 22.4 Å². The lowest BCUT2D eigenvalue weighted by Gasteiger charge is -2.33. The third kappa shape index (κ3) is 5.05. The fraction of sp³-hybridized carbons (Fsp3) is 0.104. The van der Waals surface area contributed by atoms with E-state index < -0.39 is 0 Å². The molecule has 1 heterocycles. The normalized spacial score (nSPS) is 15.7. The quantitative estimate of drug-likeness (QED) is 0.183. The van der Waals surface area contributed by atoms with E-state index in [-0.39, 0.29) is 11.6 Å². The molecule has 1 aliphatic carbocycles. The molecule has 2 aliphatic rings. The van der Waals surface area contributed by atoms with Crippen LogP contribution in [-0.2, 0) is 5.41 Å². The smallest absolute Gasteiger partial charge is 0.160 e. The number of hydrogen-bond donors (Lipinski definition) is 0. The fourth-order valence-corrected chi connectivity index (χ4v) is 8.09. The maximum Gasteiger partial charge on any atom is 0.160 e. The van der Waals surface area contributed by atoms with E-state index in [2.05, 4.69) is 165 Å². The zero-order valence-corrected chi connectivity index (χ0v) is 29.4. The molecule has 248 valence electrons. The Morgan fingerprint density at radius 1 is 0.596 bits per heavy atom. The van der Waals surface area contributed by atoms with Gasteiger partial charge in [-0.2, -0.15) is 5.26 Å². The van der Waals surface area contributed by atoms with E-state index in [4.69, 9.17) is 9.98 Å². The highest BCUT2D eigenvalue weighted by atomic mass is 15.3. The summed E-state index contributed by atoms with van der Waals surface area (Å²) in [4.78, 5) is 12.8. The second-order valence-corrected chi connectivity index (χ2v) is 14.2. The first-order valence-electron chi connectivity index (χ1n) is 17.7. The number of benzene rings is 7. The summed E-state index contributed by atoms with van der Waals surface area (Å²) in [5.41, 5.74) is 12.9. The average molecular weight is 669 g/mol. The van der Waals surface area contributed by atoms with Gasteiger partial charge in [0.25, 0.3) is 0 Å². The number of nitrogens with zero attached hydrogens (tertiary/aromatic N) is 4. The molecule has 0 bridgehead atoms. The molecule has 0 radical (unpaired) electrons. The highest BCUT2D eigenvalue weighted by Gasteiger charge is 2.37. The number of rotatable bonds is 5. The van der Waals surface area contributed by atoms with Crippen molar-refractivity contribution in [3.63, 3.8) is 0 Å². The van der Waals surface area contributed by atoms with Crippen LogP contribution in [0.15, 0.2) is 168 Å². The summed E-state index contributed by atoms with van der Waals surface area (Å²) in [7, 11) is 2.07. The first-order chi connectivity index (χ1) is 25.4. The highest BCUT2D eigenvalue weighted by molar-refractivity contribution is 6.18. The van der Waals surface area contributed by atoms with Crippen LogP contribution in [0, 0.1) is 11.3 Å². The molecule has 0 aromatic heterocycles. The molecule has 52 heavy (non-hydrogen) atoms. The van der Waals surface area contributed by atoms with E-state index in [1.165, 1.54) is 16.5 Å². The Morgan fingerprint density at radius 3 is 2.04 bits per heavy atom. The fourth-order valence-electron chi connectivity index (χ4n) is 8.09. The van der Waals surface area contributed by atoms with Crippen LogP contribution in [0.25, 0.3) is 44.2 Å². The minimum Gasteiger partial charge on any atom is -0.333 e. The van der Waals surface area contributed by atoms with E-state index >= 15 is 0 Å². The molecule has 4 heteroatoms. The largest absolute Gasteiger partial charge is 0.333 e. The third-order valence-electron chi connectivity index (χ3n) is 10.8. The SMILES string of the molecule is CN1C(c2ccccc2)=NC(c2ccc3ccccc3c2-c2ccc(-c3ccc4c(c3)C(C)(C)c3cccc(C#N)c3-4)cc2)=NC1c1ccccc1. The van der Waals surface area contributed by atoms with Crippen molar-refractivity contribution in [3.8, 4) is 39.4 Å². The van der Waals surface area contributed by atoms with Gasteiger partial charge in [-0.3, -0.25) is 0 Å². The van der Waals surface area contributed by atoms with E-state index in [0.29, 0.717) is 5.84 Å². The molecule has 1 unspecified atom stereocenters. The minimum absolute atomic E-state index is 0.198. The molecule has 0 saturated heterocycles. The molecule has 4 nitrogen and oxygen atoms in total. The summed E-state index contributed by atoms with van der Waals surface area (Å²) >= 11 is 0. The van der Waals surface area contributed by atoms with Crippen molar-refractivity contribution in [2.75, 3.05) is 7.05 Å². The monoisotopic (exact) mass is 668 g/mol. The molecule has 0 N–H and O–H groups in total. The number of nitriles is 1. The summed E-state index contributed by atoms with van der Waals surface area (Å²) < 4.78 is 0. The molecule has 0 spiro atoms. The van der Waals surface area contributed by atoms with Crippen molar-refractivity contribution in [2.24, 2.45) is 9.98 Å². The van der Waals surface area contributed by atoms with Crippen LogP contribution in [0.5, 0.6) is 0 Å². The molecular formula is C48H36N4. The maximum absolute atomic E-state index is 9.89. The van der Waals surface area contributed by atoms with E-state index in [9.17, 15) is 5.26 Å². The van der Waals surface area contributed by atoms with Crippen molar-refractivity contribution in [1.82, 2.24) is 4.90 Å². The van der Waals surface area contributed by atoms with Crippen LogP contribution in [0.2, 0.25) is 0 Å². The lowest BCUT2D eigenvalue weighted by Crippen LogP contribution is -2.35. The van der Waals surface area contributed by atoms with Gasteiger partial charge in [0.1, 0.15) is 12.0 Å². The van der Waals surface area contributed by atoms with Crippen LogP contribution < -0.4 is 0 Å². The van der Waals surface area contributed by atoms with Gasteiger partial charge in [-0.1, -0.05) is 153 Å². The first kappa shape index (κ1) is 31.4. The summed E-state index contributed by atoms with van der Waals surface area (Å²) in [6, 6.07) is 57.9. The van der Waals surface area contributed by atoms with Gasteiger partial charge in [-0.15, -0.1) is 0 Å². The van der Waals surface area contributed by atoms with E-state index in [1.807, 2.05) is 24.3 Å². The first-order valence-corrected chi connectivity index (χ1v) is 17.7. The van der Waals surface area contributed by atoms with Crippen LogP contribution >= 0.6 is 0 Å². The van der Waals surface area contributed by atoms with Crippen molar-refractivity contribution < 1.29 is 0 Å². The minimum atomic E-state index is -0.231. The maximum atomic E-state index is 9.89. The van der Waals surface area contributed by atoms with Crippen molar-refractivity contribution in [2.45, 2.75) is 25.4 Å². The predicted octanol–water partition coefficient (Wildman–Crippen LogP) is 11.2. The number of aliphatic imine (C=N–C) groups is 2. The molecule has 9 rings (SSSR count). The van der Waals surface area contributed by atoms with Gasteiger partial charge >= 0.3 is 0 Å². The molecule has 7 aromatic rings. The zero-order valence-electron chi connectivity index (χ0n) is 29.4. The second kappa shape index (κ2) is 12.3. The topological polar surface area (TPSA) is 51.8 Å². The van der Waals surface area contributed by atoms with Crippen LogP contribution in [0.3, 0.4) is 0 Å². The Labute approximate surface area is 304 Å². The van der Waals surface area contributed by atoms with Gasteiger partial charge in [0.2, 0.25) is 0 Å². The van der Waals surface area contributed by atoms with Crippen LogP contribution in [0.1, 0.15) is 53.4 Å². The average Bonchev–Trinajstić information content (AvgIpc) is 3.43. The lowest BCUT2D eigenvalue weighted by atomic mass is 9.81. The van der Waals surface area contributed by atoms with Gasteiger partial charge < -0.3 is 4.90 Å². The third-order valence-corrected chi connectivity index (χ3v) is 10.8. The van der Waals surface area contributed by atoms with Crippen molar-refractivity contribution in [1.29, 1.82) is 5.26 Å². The molecule has 1 atom stereocenters. The molecular weight excluding hydrogens is 633 g/mol. The molecule has 7 aromatic carbocycles. The summed E-state index contributed by atoms with van der Waals surface area (Å²) in [5, 5.41) is 12.2. The van der Waals surface area contributed by atoms with Gasteiger partial charge in [-0.25, -0.2) is 9.98 Å². The van der Waals surface area contributed by atoms with Crippen LogP contribution in [0.4, 0.5) is 0 Å². The Bertz CT molecular complexity index is 2610. The number of fused-ring (bicyclic) bond motifs is 4. The van der Waals surface area contributed by atoms with Gasteiger partial charge in [0, 0.05) is 34.7 Å². The zero-order chi connectivity index (χ0) is 35.4. The standard InChI is InChI=1S/C48H36N4/c1-48(2)41-20-12-18-37(30-49)44(41)39-27-26-36(29-42(39)48)31-21-23-33(24-22-31)43-38-19-11-10-13-32(38)25-28-40(43)45-50-46(34-14-6-4-7-15-34)52(3)47(51-45)35-16-8-5-9-17-35/h4-29,46H,1-3H3. The molecule has 1 aliphatic heterocycles. The number of amidine groups is 2. The van der Waals surface area contributed by atoms with E-state index in [1.54, 1.807) is 0 Å². The van der Waals surface area contributed by atoms with Gasteiger partial charge in [-0.05, 0) is 67.9 Å². The van der Waals surface area contributed by atoms with Gasteiger partial charge in [0.05, 0.1) is 11.6 Å². The molecule has 0 saturated carbocycles.